The molecule has 19 heavy (non-hydrogen) atoms. The minimum Gasteiger partial charge on any atom is -0.372 e. The highest BCUT2D eigenvalue weighted by Crippen LogP contribution is 2.25. The third-order valence-corrected chi connectivity index (χ3v) is 3.87. The minimum atomic E-state index is -0.147. The number of carbonyl (C=O) groups excluding carboxylic acids is 2. The van der Waals surface area contributed by atoms with Crippen molar-refractivity contribution in [3.05, 3.63) is 17.3 Å². The summed E-state index contributed by atoms with van der Waals surface area (Å²) in [6.07, 6.45) is 0.581. The van der Waals surface area contributed by atoms with Crippen LogP contribution in [0, 0.1) is 0 Å². The third-order valence-electron chi connectivity index (χ3n) is 3.06. The van der Waals surface area contributed by atoms with Gasteiger partial charge in [-0.25, -0.2) is 9.97 Å². The van der Waals surface area contributed by atoms with Crippen LogP contribution in [0.3, 0.4) is 0 Å². The number of carbonyl (C=O) groups is 2. The molecule has 1 N–H and O–H groups in total. The molecule has 3 heterocycles. The molecule has 0 radical (unpaired) electrons. The fourth-order valence-electron chi connectivity index (χ4n) is 2.10. The van der Waals surface area contributed by atoms with Gasteiger partial charge in [0.1, 0.15) is 10.6 Å². The number of fused-ring (bicyclic) bond motifs is 1. The molecular formula is C12H12N4O2S. The number of nitrogens with one attached hydrogen (secondary N) is 1. The highest BCUT2D eigenvalue weighted by atomic mass is 32.1. The molecule has 0 unspecified atom stereocenters. The number of likely N-dealkylation sites (tertiary alicyclic amines) is 1. The highest BCUT2D eigenvalue weighted by molar-refractivity contribution is 7.16. The quantitative estimate of drug-likeness (QED) is 0.857. The molecule has 0 atom stereocenters. The van der Waals surface area contributed by atoms with Gasteiger partial charge in [0.15, 0.2) is 5.82 Å². The summed E-state index contributed by atoms with van der Waals surface area (Å²) in [5, 5.41) is 5.91. The second-order valence-corrected chi connectivity index (χ2v) is 5.15. The van der Waals surface area contributed by atoms with Crippen LogP contribution in [0.5, 0.6) is 0 Å². The van der Waals surface area contributed by atoms with E-state index < -0.39 is 0 Å². The Morgan fingerprint density at radius 3 is 2.74 bits per heavy atom. The first-order valence-electron chi connectivity index (χ1n) is 5.94. The number of amides is 2. The van der Waals surface area contributed by atoms with Crippen molar-refractivity contribution < 1.29 is 9.59 Å². The van der Waals surface area contributed by atoms with Crippen LogP contribution in [-0.2, 0) is 16.1 Å². The van der Waals surface area contributed by atoms with E-state index in [1.165, 1.54) is 16.2 Å². The van der Waals surface area contributed by atoms with Crippen molar-refractivity contribution in [2.75, 3.05) is 12.4 Å². The zero-order valence-corrected chi connectivity index (χ0v) is 11.2. The summed E-state index contributed by atoms with van der Waals surface area (Å²) >= 11 is 1.51. The number of hydrogen-bond donors (Lipinski definition) is 1. The van der Waals surface area contributed by atoms with Gasteiger partial charge in [0.25, 0.3) is 0 Å². The Morgan fingerprint density at radius 2 is 2.05 bits per heavy atom. The predicted molar refractivity (Wildman–Crippen MR) is 71.8 cm³/mol. The summed E-state index contributed by atoms with van der Waals surface area (Å²) in [7, 11) is 1.79. The van der Waals surface area contributed by atoms with Gasteiger partial charge < -0.3 is 5.32 Å². The maximum Gasteiger partial charge on any atom is 0.230 e. The van der Waals surface area contributed by atoms with Crippen LogP contribution in [0.15, 0.2) is 11.4 Å². The number of imide groups is 1. The highest BCUT2D eigenvalue weighted by Gasteiger charge is 2.29. The average molecular weight is 276 g/mol. The normalized spacial score (nSPS) is 15.5. The van der Waals surface area contributed by atoms with E-state index in [0.717, 1.165) is 16.0 Å². The molecule has 6 nitrogen and oxygen atoms in total. The van der Waals surface area contributed by atoms with Crippen LogP contribution in [0.2, 0.25) is 0 Å². The van der Waals surface area contributed by atoms with Crippen LogP contribution in [0.25, 0.3) is 10.2 Å². The van der Waals surface area contributed by atoms with Crippen molar-refractivity contribution >= 4 is 39.2 Å². The summed E-state index contributed by atoms with van der Waals surface area (Å²) in [5.41, 5.74) is 0. The molecule has 2 amide bonds. The Kier molecular flexibility index (Phi) is 2.90. The Labute approximate surface area is 113 Å². The van der Waals surface area contributed by atoms with Crippen molar-refractivity contribution in [1.29, 1.82) is 0 Å². The molecule has 0 spiro atoms. The fourth-order valence-corrected chi connectivity index (χ4v) is 2.88. The van der Waals surface area contributed by atoms with Crippen molar-refractivity contribution in [3.8, 4) is 0 Å². The van der Waals surface area contributed by atoms with Gasteiger partial charge in [0.05, 0.1) is 11.9 Å². The van der Waals surface area contributed by atoms with Gasteiger partial charge in [0.2, 0.25) is 11.8 Å². The topological polar surface area (TPSA) is 75.2 Å². The van der Waals surface area contributed by atoms with Gasteiger partial charge in [-0.2, -0.15) is 0 Å². The summed E-state index contributed by atoms with van der Waals surface area (Å²) in [6, 6.07) is 1.95. The molecule has 0 aromatic carbocycles. The number of thiophene rings is 1. The van der Waals surface area contributed by atoms with Crippen LogP contribution in [0.1, 0.15) is 18.7 Å². The van der Waals surface area contributed by atoms with Crippen LogP contribution < -0.4 is 5.32 Å². The predicted octanol–water partition coefficient (Wildman–Crippen LogP) is 1.38. The molecule has 1 aliphatic rings. The summed E-state index contributed by atoms with van der Waals surface area (Å²) in [4.78, 5) is 34.0. The zero-order valence-electron chi connectivity index (χ0n) is 10.3. The first kappa shape index (κ1) is 12.0. The molecule has 1 saturated heterocycles. The Hall–Kier alpha value is -2.02. The second kappa shape index (κ2) is 4.58. The third kappa shape index (κ3) is 2.06. The molecule has 0 bridgehead atoms. The number of aromatic nitrogens is 2. The number of nitrogens with zero attached hydrogens (tertiary/aromatic N) is 3. The van der Waals surface area contributed by atoms with E-state index in [-0.39, 0.29) is 18.4 Å². The number of rotatable bonds is 3. The summed E-state index contributed by atoms with van der Waals surface area (Å²) in [5.74, 6) is 0.917. The molecule has 0 aliphatic carbocycles. The smallest absolute Gasteiger partial charge is 0.230 e. The fraction of sp³-hybridized carbons (Fsp3) is 0.333. The lowest BCUT2D eigenvalue weighted by molar-refractivity contribution is -0.139. The molecule has 2 aromatic rings. The molecule has 2 aromatic heterocycles. The maximum absolute atomic E-state index is 11.6. The summed E-state index contributed by atoms with van der Waals surface area (Å²) < 4.78 is 0. The van der Waals surface area contributed by atoms with Crippen molar-refractivity contribution in [3.63, 3.8) is 0 Å². The van der Waals surface area contributed by atoms with E-state index in [2.05, 4.69) is 15.3 Å². The van der Waals surface area contributed by atoms with Gasteiger partial charge in [0, 0.05) is 19.9 Å². The molecule has 0 saturated carbocycles. The Balaban J connectivity index is 1.96. The molecule has 7 heteroatoms. The van der Waals surface area contributed by atoms with Crippen LogP contribution >= 0.6 is 11.3 Å². The van der Waals surface area contributed by atoms with Crippen molar-refractivity contribution in [1.82, 2.24) is 14.9 Å². The average Bonchev–Trinajstić information content (AvgIpc) is 2.99. The molecule has 1 aliphatic heterocycles. The minimum absolute atomic E-state index is 0.147. The van der Waals surface area contributed by atoms with E-state index in [9.17, 15) is 9.59 Å². The van der Waals surface area contributed by atoms with E-state index >= 15 is 0 Å². The van der Waals surface area contributed by atoms with Crippen LogP contribution in [-0.4, -0.2) is 33.7 Å². The van der Waals surface area contributed by atoms with Gasteiger partial charge in [-0.1, -0.05) is 0 Å². The summed E-state index contributed by atoms with van der Waals surface area (Å²) in [6.45, 7) is 0.153. The van der Waals surface area contributed by atoms with Crippen molar-refractivity contribution in [2.45, 2.75) is 19.4 Å². The van der Waals surface area contributed by atoms with E-state index in [4.69, 9.17) is 0 Å². The standard InChI is InChI=1S/C12H12N4O2S/c1-13-11-7-4-5-19-12(7)15-8(14-11)6-16-9(17)2-3-10(16)18/h4-5H,2-3,6H2,1H3,(H,13,14,15). The lowest BCUT2D eigenvalue weighted by atomic mass is 10.3. The monoisotopic (exact) mass is 276 g/mol. The van der Waals surface area contributed by atoms with E-state index in [1.54, 1.807) is 7.05 Å². The molecular weight excluding hydrogens is 264 g/mol. The Bertz CT molecular complexity index is 651. The SMILES string of the molecule is CNc1nc(CN2C(=O)CCC2=O)nc2sccc12. The van der Waals surface area contributed by atoms with Gasteiger partial charge >= 0.3 is 0 Å². The molecule has 98 valence electrons. The van der Waals surface area contributed by atoms with E-state index in [0.29, 0.717) is 18.7 Å². The van der Waals surface area contributed by atoms with Crippen LogP contribution in [0.4, 0.5) is 5.82 Å². The second-order valence-electron chi connectivity index (χ2n) is 4.25. The van der Waals surface area contributed by atoms with Gasteiger partial charge in [-0.05, 0) is 11.4 Å². The van der Waals surface area contributed by atoms with Gasteiger partial charge in [-0.15, -0.1) is 11.3 Å². The maximum atomic E-state index is 11.6. The van der Waals surface area contributed by atoms with E-state index in [1.807, 2.05) is 11.4 Å². The lowest BCUT2D eigenvalue weighted by Gasteiger charge is -2.13. The number of anilines is 1. The lowest BCUT2D eigenvalue weighted by Crippen LogP contribution is -2.29. The molecule has 3 rings (SSSR count). The molecule has 1 fully saturated rings. The van der Waals surface area contributed by atoms with Crippen molar-refractivity contribution in [2.24, 2.45) is 0 Å². The zero-order chi connectivity index (χ0) is 13.4. The Morgan fingerprint density at radius 1 is 1.32 bits per heavy atom. The van der Waals surface area contributed by atoms with Gasteiger partial charge in [-0.3, -0.25) is 14.5 Å². The first-order valence-corrected chi connectivity index (χ1v) is 6.82. The number of hydrogen-bond acceptors (Lipinski definition) is 6. The first-order chi connectivity index (χ1) is 9.19. The largest absolute Gasteiger partial charge is 0.372 e.